The van der Waals surface area contributed by atoms with Gasteiger partial charge < -0.3 is 5.73 Å². The van der Waals surface area contributed by atoms with Gasteiger partial charge in [-0.1, -0.05) is 20.8 Å². The van der Waals surface area contributed by atoms with E-state index in [1.807, 2.05) is 0 Å². The van der Waals surface area contributed by atoms with Crippen LogP contribution in [-0.2, 0) is 0 Å². The molecule has 0 aromatic heterocycles. The van der Waals surface area contributed by atoms with E-state index in [0.29, 0.717) is 16.9 Å². The summed E-state index contributed by atoms with van der Waals surface area (Å²) in [5, 5.41) is 0. The SMILES string of the molecule is CCC1(C2CC2)C(N)C1(C)C. The van der Waals surface area contributed by atoms with Crippen molar-refractivity contribution in [1.82, 2.24) is 0 Å². The van der Waals surface area contributed by atoms with Gasteiger partial charge in [0.15, 0.2) is 0 Å². The van der Waals surface area contributed by atoms with Crippen molar-refractivity contribution in [3.05, 3.63) is 0 Å². The molecule has 2 atom stereocenters. The first-order valence-corrected chi connectivity index (χ1v) is 4.83. The summed E-state index contributed by atoms with van der Waals surface area (Å²) in [5.41, 5.74) is 7.10. The lowest BCUT2D eigenvalue weighted by molar-refractivity contribution is 0.321. The van der Waals surface area contributed by atoms with E-state index >= 15 is 0 Å². The lowest BCUT2D eigenvalue weighted by Crippen LogP contribution is -2.15. The Morgan fingerprint density at radius 3 is 1.91 bits per heavy atom. The largest absolute Gasteiger partial charge is 0.327 e. The Balaban J connectivity index is 2.21. The lowest BCUT2D eigenvalue weighted by atomic mass is 9.88. The van der Waals surface area contributed by atoms with E-state index in [0.717, 1.165) is 5.92 Å². The molecular formula is C10H19N. The summed E-state index contributed by atoms with van der Waals surface area (Å²) < 4.78 is 0. The van der Waals surface area contributed by atoms with Crippen molar-refractivity contribution in [1.29, 1.82) is 0 Å². The van der Waals surface area contributed by atoms with Gasteiger partial charge in [-0.15, -0.1) is 0 Å². The van der Waals surface area contributed by atoms with Crippen molar-refractivity contribution < 1.29 is 0 Å². The van der Waals surface area contributed by atoms with Gasteiger partial charge >= 0.3 is 0 Å². The van der Waals surface area contributed by atoms with Crippen LogP contribution in [0.2, 0.25) is 0 Å². The molecule has 1 nitrogen and oxygen atoms in total. The fraction of sp³-hybridized carbons (Fsp3) is 1.00. The van der Waals surface area contributed by atoms with Gasteiger partial charge in [0.05, 0.1) is 0 Å². The van der Waals surface area contributed by atoms with E-state index < -0.39 is 0 Å². The maximum atomic E-state index is 6.13. The number of hydrogen-bond acceptors (Lipinski definition) is 1. The van der Waals surface area contributed by atoms with Gasteiger partial charge in [-0.2, -0.15) is 0 Å². The highest BCUT2D eigenvalue weighted by Crippen LogP contribution is 2.73. The first kappa shape index (κ1) is 7.60. The summed E-state index contributed by atoms with van der Waals surface area (Å²) in [5.74, 6) is 0.970. The highest BCUT2D eigenvalue weighted by Gasteiger charge is 2.72. The van der Waals surface area contributed by atoms with Gasteiger partial charge in [-0.25, -0.2) is 0 Å². The van der Waals surface area contributed by atoms with Gasteiger partial charge in [0.2, 0.25) is 0 Å². The third kappa shape index (κ3) is 0.658. The average molecular weight is 153 g/mol. The van der Waals surface area contributed by atoms with Crippen LogP contribution >= 0.6 is 0 Å². The van der Waals surface area contributed by atoms with Crippen molar-refractivity contribution in [2.75, 3.05) is 0 Å². The first-order valence-electron chi connectivity index (χ1n) is 4.83. The smallest absolute Gasteiger partial charge is 0.0161 e. The zero-order valence-electron chi connectivity index (χ0n) is 7.85. The van der Waals surface area contributed by atoms with Crippen molar-refractivity contribution in [2.45, 2.75) is 46.1 Å². The Morgan fingerprint density at radius 2 is 1.82 bits per heavy atom. The summed E-state index contributed by atoms with van der Waals surface area (Å²) in [4.78, 5) is 0. The Morgan fingerprint density at radius 1 is 1.36 bits per heavy atom. The van der Waals surface area contributed by atoms with E-state index in [9.17, 15) is 0 Å². The minimum absolute atomic E-state index is 0.433. The molecule has 64 valence electrons. The van der Waals surface area contributed by atoms with Crippen LogP contribution in [-0.4, -0.2) is 6.04 Å². The number of rotatable bonds is 2. The van der Waals surface area contributed by atoms with E-state index in [2.05, 4.69) is 20.8 Å². The molecule has 0 spiro atoms. The second kappa shape index (κ2) is 1.82. The van der Waals surface area contributed by atoms with E-state index in [1.54, 1.807) is 0 Å². The van der Waals surface area contributed by atoms with Crippen LogP contribution in [0, 0.1) is 16.7 Å². The molecule has 0 saturated heterocycles. The third-order valence-electron chi connectivity index (χ3n) is 4.34. The van der Waals surface area contributed by atoms with Crippen molar-refractivity contribution >= 4 is 0 Å². The van der Waals surface area contributed by atoms with Gasteiger partial charge in [0, 0.05) is 6.04 Å². The molecule has 0 aromatic carbocycles. The van der Waals surface area contributed by atoms with Crippen molar-refractivity contribution in [2.24, 2.45) is 22.5 Å². The molecule has 11 heavy (non-hydrogen) atoms. The topological polar surface area (TPSA) is 26.0 Å². The quantitative estimate of drug-likeness (QED) is 0.646. The number of nitrogens with two attached hydrogens (primary N) is 1. The van der Waals surface area contributed by atoms with Gasteiger partial charge in [0.25, 0.3) is 0 Å². The fourth-order valence-corrected chi connectivity index (χ4v) is 3.27. The highest BCUT2D eigenvalue weighted by atomic mass is 14.9. The second-order valence-electron chi connectivity index (χ2n) is 4.87. The van der Waals surface area contributed by atoms with E-state index in [4.69, 9.17) is 5.73 Å². The molecule has 0 radical (unpaired) electrons. The average Bonchev–Trinajstić information content (AvgIpc) is 2.78. The molecule has 0 bridgehead atoms. The highest BCUT2D eigenvalue weighted by molar-refractivity contribution is 5.24. The molecule has 1 heteroatoms. The standard InChI is InChI=1S/C10H19N/c1-4-10(7-5-6-7)8(11)9(10,2)3/h7-8H,4-6,11H2,1-3H3. The molecule has 2 unspecified atom stereocenters. The molecule has 2 aliphatic rings. The molecule has 0 heterocycles. The molecule has 2 fully saturated rings. The fourth-order valence-electron chi connectivity index (χ4n) is 3.27. The maximum absolute atomic E-state index is 6.13. The Hall–Kier alpha value is -0.0400. The third-order valence-corrected chi connectivity index (χ3v) is 4.34. The summed E-state index contributed by atoms with van der Waals surface area (Å²) >= 11 is 0. The van der Waals surface area contributed by atoms with Crippen LogP contribution < -0.4 is 5.73 Å². The van der Waals surface area contributed by atoms with Gasteiger partial charge in [0.1, 0.15) is 0 Å². The van der Waals surface area contributed by atoms with Crippen molar-refractivity contribution in [3.8, 4) is 0 Å². The molecule has 2 aliphatic carbocycles. The summed E-state index contributed by atoms with van der Waals surface area (Å²) in [6, 6.07) is 0.479. The molecule has 2 saturated carbocycles. The minimum atomic E-state index is 0.433. The maximum Gasteiger partial charge on any atom is 0.0161 e. The summed E-state index contributed by atoms with van der Waals surface area (Å²) in [7, 11) is 0. The molecule has 0 aliphatic heterocycles. The summed E-state index contributed by atoms with van der Waals surface area (Å²) in [6.07, 6.45) is 4.15. The molecule has 2 rings (SSSR count). The minimum Gasteiger partial charge on any atom is -0.327 e. The van der Waals surface area contributed by atoms with E-state index in [1.165, 1.54) is 19.3 Å². The van der Waals surface area contributed by atoms with Crippen LogP contribution in [0.3, 0.4) is 0 Å². The van der Waals surface area contributed by atoms with Crippen molar-refractivity contribution in [3.63, 3.8) is 0 Å². The van der Waals surface area contributed by atoms with Crippen LogP contribution in [0.5, 0.6) is 0 Å². The van der Waals surface area contributed by atoms with Gasteiger partial charge in [-0.05, 0) is 36.0 Å². The van der Waals surface area contributed by atoms with Gasteiger partial charge in [-0.3, -0.25) is 0 Å². The normalized spacial score (nSPS) is 47.5. The second-order valence-corrected chi connectivity index (χ2v) is 4.87. The Labute approximate surface area is 69.4 Å². The predicted molar refractivity (Wildman–Crippen MR) is 47.2 cm³/mol. The molecule has 2 N–H and O–H groups in total. The van der Waals surface area contributed by atoms with Crippen LogP contribution in [0.15, 0.2) is 0 Å². The Bertz CT molecular complexity index is 181. The lowest BCUT2D eigenvalue weighted by Gasteiger charge is -2.16. The Kier molecular flexibility index (Phi) is 1.26. The molecule has 0 aromatic rings. The number of hydrogen-bond donors (Lipinski definition) is 1. The molecule has 0 amide bonds. The van der Waals surface area contributed by atoms with Crippen LogP contribution in [0.1, 0.15) is 40.0 Å². The zero-order chi connectivity index (χ0) is 8.28. The van der Waals surface area contributed by atoms with Crippen LogP contribution in [0.25, 0.3) is 0 Å². The molecular weight excluding hydrogens is 134 g/mol. The zero-order valence-corrected chi connectivity index (χ0v) is 7.85. The van der Waals surface area contributed by atoms with E-state index in [-0.39, 0.29) is 0 Å². The van der Waals surface area contributed by atoms with Crippen LogP contribution in [0.4, 0.5) is 0 Å². The predicted octanol–water partition coefficient (Wildman–Crippen LogP) is 2.16. The summed E-state index contributed by atoms with van der Waals surface area (Å²) in [6.45, 7) is 6.96. The first-order chi connectivity index (χ1) is 5.07. The monoisotopic (exact) mass is 153 g/mol.